The van der Waals surface area contributed by atoms with E-state index >= 15 is 0 Å². The minimum Gasteiger partial charge on any atom is -0.349 e. The number of pyridine rings is 1. The molecule has 1 heterocycles. The van der Waals surface area contributed by atoms with Crippen LogP contribution in [0.4, 0.5) is 0 Å². The van der Waals surface area contributed by atoms with Crippen molar-refractivity contribution in [2.45, 2.75) is 31.7 Å². The van der Waals surface area contributed by atoms with Crippen molar-refractivity contribution in [1.82, 2.24) is 10.3 Å². The lowest BCUT2D eigenvalue weighted by Crippen LogP contribution is -2.37. The molecule has 1 aromatic heterocycles. The number of ketones is 1. The molecule has 1 fully saturated rings. The Morgan fingerprint density at radius 1 is 1.25 bits per heavy atom. The van der Waals surface area contributed by atoms with Crippen LogP contribution in [-0.2, 0) is 4.79 Å². The van der Waals surface area contributed by atoms with Gasteiger partial charge in [-0.1, -0.05) is 0 Å². The van der Waals surface area contributed by atoms with E-state index in [1.807, 2.05) is 0 Å². The smallest absolute Gasteiger partial charge is 0.251 e. The average molecular weight is 218 g/mol. The van der Waals surface area contributed by atoms with Gasteiger partial charge in [0.25, 0.3) is 5.91 Å². The van der Waals surface area contributed by atoms with E-state index < -0.39 is 0 Å². The van der Waals surface area contributed by atoms with E-state index in [0.717, 1.165) is 12.8 Å². The lowest BCUT2D eigenvalue weighted by Gasteiger charge is -2.22. The van der Waals surface area contributed by atoms with Crippen molar-refractivity contribution in [2.75, 3.05) is 0 Å². The number of hydrogen-bond donors (Lipinski definition) is 1. The second-order valence-electron chi connectivity index (χ2n) is 4.02. The van der Waals surface area contributed by atoms with Crippen molar-refractivity contribution in [3.05, 3.63) is 30.1 Å². The molecule has 0 bridgehead atoms. The summed E-state index contributed by atoms with van der Waals surface area (Å²) in [4.78, 5) is 26.7. The first kappa shape index (κ1) is 10.8. The minimum absolute atomic E-state index is 0.0817. The van der Waals surface area contributed by atoms with Gasteiger partial charge < -0.3 is 5.32 Å². The maximum absolute atomic E-state index is 11.8. The van der Waals surface area contributed by atoms with Crippen LogP contribution in [0.25, 0.3) is 0 Å². The molecule has 1 N–H and O–H groups in total. The zero-order valence-corrected chi connectivity index (χ0v) is 8.98. The van der Waals surface area contributed by atoms with Crippen LogP contribution in [0.3, 0.4) is 0 Å². The molecule has 0 radical (unpaired) electrons. The molecule has 1 amide bonds. The molecule has 0 spiro atoms. The number of nitrogens with zero attached hydrogens (tertiary/aromatic N) is 1. The average Bonchev–Trinajstić information content (AvgIpc) is 2.33. The molecular formula is C12H14N2O2. The summed E-state index contributed by atoms with van der Waals surface area (Å²) in [6, 6.07) is 3.51. The monoisotopic (exact) mass is 218 g/mol. The van der Waals surface area contributed by atoms with Crippen LogP contribution in [0.1, 0.15) is 36.0 Å². The molecule has 1 aliphatic rings. The third kappa shape index (κ3) is 2.66. The zero-order valence-electron chi connectivity index (χ0n) is 8.98. The highest BCUT2D eigenvalue weighted by Crippen LogP contribution is 2.15. The second-order valence-corrected chi connectivity index (χ2v) is 4.02. The number of amides is 1. The summed E-state index contributed by atoms with van der Waals surface area (Å²) in [5.41, 5.74) is 0.618. The molecule has 4 heteroatoms. The summed E-state index contributed by atoms with van der Waals surface area (Å²) >= 11 is 0. The van der Waals surface area contributed by atoms with Gasteiger partial charge in [0.05, 0.1) is 0 Å². The van der Waals surface area contributed by atoms with Gasteiger partial charge in [-0.15, -0.1) is 0 Å². The van der Waals surface area contributed by atoms with Crippen LogP contribution >= 0.6 is 0 Å². The highest BCUT2D eigenvalue weighted by Gasteiger charge is 2.20. The van der Waals surface area contributed by atoms with Crippen molar-refractivity contribution in [3.8, 4) is 0 Å². The summed E-state index contributed by atoms with van der Waals surface area (Å²) in [6.07, 6.45) is 5.88. The third-order valence-corrected chi connectivity index (χ3v) is 2.82. The van der Waals surface area contributed by atoms with E-state index in [4.69, 9.17) is 0 Å². The molecular weight excluding hydrogens is 204 g/mol. The maximum atomic E-state index is 11.8. The van der Waals surface area contributed by atoms with Crippen molar-refractivity contribution in [1.29, 1.82) is 0 Å². The molecule has 0 aliphatic heterocycles. The van der Waals surface area contributed by atoms with E-state index in [1.54, 1.807) is 24.5 Å². The van der Waals surface area contributed by atoms with Gasteiger partial charge in [0, 0.05) is 36.8 Å². The summed E-state index contributed by atoms with van der Waals surface area (Å²) in [5.74, 6) is 0.219. The lowest BCUT2D eigenvalue weighted by molar-refractivity contribution is -0.120. The number of Topliss-reactive ketones (excluding diaryl/α,β-unsaturated/α-hetero) is 1. The standard InChI is InChI=1S/C12H14N2O2/c15-11-3-1-10(2-4-11)14-12(16)9-5-7-13-8-6-9/h5-8,10H,1-4H2,(H,14,16). The predicted molar refractivity (Wildman–Crippen MR) is 59.0 cm³/mol. The predicted octanol–water partition coefficient (Wildman–Crippen LogP) is 1.32. The van der Waals surface area contributed by atoms with Crippen molar-refractivity contribution >= 4 is 11.7 Å². The Labute approximate surface area is 94.1 Å². The van der Waals surface area contributed by atoms with Crippen molar-refractivity contribution in [2.24, 2.45) is 0 Å². The van der Waals surface area contributed by atoms with Gasteiger partial charge in [-0.25, -0.2) is 0 Å². The first-order valence-electron chi connectivity index (χ1n) is 5.48. The van der Waals surface area contributed by atoms with Gasteiger partial charge in [-0.3, -0.25) is 14.6 Å². The van der Waals surface area contributed by atoms with Crippen LogP contribution < -0.4 is 5.32 Å². The van der Waals surface area contributed by atoms with Crippen LogP contribution in [0.15, 0.2) is 24.5 Å². The molecule has 0 atom stereocenters. The molecule has 16 heavy (non-hydrogen) atoms. The maximum Gasteiger partial charge on any atom is 0.251 e. The van der Waals surface area contributed by atoms with Crippen molar-refractivity contribution < 1.29 is 9.59 Å². The molecule has 0 saturated heterocycles. The number of hydrogen-bond acceptors (Lipinski definition) is 3. The van der Waals surface area contributed by atoms with Gasteiger partial charge in [-0.05, 0) is 25.0 Å². The van der Waals surface area contributed by atoms with Crippen LogP contribution in [0.2, 0.25) is 0 Å². The van der Waals surface area contributed by atoms with E-state index in [2.05, 4.69) is 10.3 Å². The summed E-state index contributed by atoms with van der Waals surface area (Å²) in [5, 5.41) is 2.94. The lowest BCUT2D eigenvalue weighted by atomic mass is 9.94. The number of nitrogens with one attached hydrogen (secondary N) is 1. The molecule has 1 saturated carbocycles. The third-order valence-electron chi connectivity index (χ3n) is 2.82. The fraction of sp³-hybridized carbons (Fsp3) is 0.417. The first-order valence-corrected chi connectivity index (χ1v) is 5.48. The Hall–Kier alpha value is -1.71. The fourth-order valence-electron chi connectivity index (χ4n) is 1.86. The SMILES string of the molecule is O=C1CCC(NC(=O)c2ccncc2)CC1. The topological polar surface area (TPSA) is 59.1 Å². The molecule has 0 aromatic carbocycles. The van der Waals surface area contributed by atoms with E-state index in [1.165, 1.54) is 0 Å². The Balaban J connectivity index is 1.91. The van der Waals surface area contributed by atoms with Crippen LogP contribution in [0.5, 0.6) is 0 Å². The Bertz CT molecular complexity index is 379. The Morgan fingerprint density at radius 3 is 2.50 bits per heavy atom. The number of rotatable bonds is 2. The van der Waals surface area contributed by atoms with Gasteiger partial charge in [0.1, 0.15) is 5.78 Å². The molecule has 1 aromatic rings. The minimum atomic E-state index is -0.0817. The Morgan fingerprint density at radius 2 is 1.88 bits per heavy atom. The van der Waals surface area contributed by atoms with Gasteiger partial charge in [-0.2, -0.15) is 0 Å². The number of aromatic nitrogens is 1. The summed E-state index contributed by atoms with van der Waals surface area (Å²) in [6.45, 7) is 0. The van der Waals surface area contributed by atoms with Gasteiger partial charge in [0.15, 0.2) is 0 Å². The Kier molecular flexibility index (Phi) is 3.29. The van der Waals surface area contributed by atoms with Crippen LogP contribution in [0, 0.1) is 0 Å². The first-order chi connectivity index (χ1) is 7.75. The molecule has 2 rings (SSSR count). The van der Waals surface area contributed by atoms with Gasteiger partial charge in [0.2, 0.25) is 0 Å². The number of carbonyl (C=O) groups excluding carboxylic acids is 2. The highest BCUT2D eigenvalue weighted by atomic mass is 16.1. The summed E-state index contributed by atoms with van der Waals surface area (Å²) < 4.78 is 0. The fourth-order valence-corrected chi connectivity index (χ4v) is 1.86. The van der Waals surface area contributed by atoms with Crippen molar-refractivity contribution in [3.63, 3.8) is 0 Å². The second kappa shape index (κ2) is 4.88. The van der Waals surface area contributed by atoms with E-state index in [-0.39, 0.29) is 11.9 Å². The number of carbonyl (C=O) groups is 2. The summed E-state index contributed by atoms with van der Waals surface area (Å²) in [7, 11) is 0. The highest BCUT2D eigenvalue weighted by molar-refractivity contribution is 5.94. The molecule has 4 nitrogen and oxygen atoms in total. The molecule has 84 valence electrons. The zero-order chi connectivity index (χ0) is 11.4. The largest absolute Gasteiger partial charge is 0.349 e. The van der Waals surface area contributed by atoms with Crippen LogP contribution in [-0.4, -0.2) is 22.7 Å². The molecule has 0 unspecified atom stereocenters. The quantitative estimate of drug-likeness (QED) is 0.814. The van der Waals surface area contributed by atoms with E-state index in [0.29, 0.717) is 24.2 Å². The van der Waals surface area contributed by atoms with E-state index in [9.17, 15) is 9.59 Å². The van der Waals surface area contributed by atoms with Gasteiger partial charge >= 0.3 is 0 Å². The normalized spacial score (nSPS) is 17.1. The molecule has 1 aliphatic carbocycles.